The lowest BCUT2D eigenvalue weighted by Crippen LogP contribution is -2.35. The monoisotopic (exact) mass is 168 g/mol. The van der Waals surface area contributed by atoms with E-state index in [0.29, 0.717) is 13.0 Å². The van der Waals surface area contributed by atoms with Crippen LogP contribution in [0.25, 0.3) is 0 Å². The normalized spacial score (nSPS) is 16.3. The van der Waals surface area contributed by atoms with Crippen LogP contribution in [0.4, 0.5) is 0 Å². The molecule has 0 bridgehead atoms. The molecule has 12 heavy (non-hydrogen) atoms. The molecule has 0 radical (unpaired) electrons. The molecular weight excluding hydrogens is 156 g/mol. The number of rotatable bonds is 3. The average molecular weight is 168 g/mol. The molecule has 2 amide bonds. The predicted octanol–water partition coefficient (Wildman–Crippen LogP) is -0.132. The molecule has 1 rings (SSSR count). The minimum absolute atomic E-state index is 0.0641. The largest absolute Gasteiger partial charge is 0.333 e. The lowest BCUT2D eigenvalue weighted by Gasteiger charge is -2.13. The minimum atomic E-state index is -0.180. The summed E-state index contributed by atoms with van der Waals surface area (Å²) in [6, 6.07) is 0. The fraction of sp³-hybridized carbons (Fsp3) is 0.500. The van der Waals surface area contributed by atoms with Gasteiger partial charge in [-0.3, -0.25) is 9.59 Å². The molecular formula is C8H12N2O2. The molecule has 1 heterocycles. The van der Waals surface area contributed by atoms with E-state index in [1.807, 2.05) is 0 Å². The van der Waals surface area contributed by atoms with Crippen LogP contribution in [-0.2, 0) is 9.59 Å². The summed E-state index contributed by atoms with van der Waals surface area (Å²) in [4.78, 5) is 23.6. The second kappa shape index (κ2) is 3.90. The van der Waals surface area contributed by atoms with Crippen LogP contribution in [0.2, 0.25) is 0 Å². The number of hydrogen-bond acceptors (Lipinski definition) is 2. The van der Waals surface area contributed by atoms with Crippen LogP contribution in [0, 0.1) is 0 Å². The van der Waals surface area contributed by atoms with Crippen molar-refractivity contribution < 1.29 is 9.59 Å². The summed E-state index contributed by atoms with van der Waals surface area (Å²) in [5.74, 6) is -0.116. The van der Waals surface area contributed by atoms with Gasteiger partial charge in [-0.15, -0.1) is 0 Å². The zero-order valence-corrected chi connectivity index (χ0v) is 6.88. The molecule has 66 valence electrons. The number of carbonyl (C=O) groups is 2. The maximum Gasteiger partial charge on any atom is 0.243 e. The van der Waals surface area contributed by atoms with Crippen molar-refractivity contribution in [3.05, 3.63) is 12.8 Å². The van der Waals surface area contributed by atoms with Crippen molar-refractivity contribution in [3.63, 3.8) is 0 Å². The number of nitrogens with zero attached hydrogens (tertiary/aromatic N) is 1. The molecule has 1 saturated heterocycles. The van der Waals surface area contributed by atoms with E-state index in [-0.39, 0.29) is 18.4 Å². The quantitative estimate of drug-likeness (QED) is 0.638. The second-order valence-electron chi connectivity index (χ2n) is 2.69. The van der Waals surface area contributed by atoms with Crippen molar-refractivity contribution in [1.82, 2.24) is 10.2 Å². The van der Waals surface area contributed by atoms with Gasteiger partial charge in [-0.1, -0.05) is 6.58 Å². The Hall–Kier alpha value is -1.32. The van der Waals surface area contributed by atoms with Gasteiger partial charge in [0.25, 0.3) is 0 Å². The van der Waals surface area contributed by atoms with Crippen LogP contribution in [0.15, 0.2) is 12.8 Å². The molecule has 1 fully saturated rings. The van der Waals surface area contributed by atoms with Crippen molar-refractivity contribution in [3.8, 4) is 0 Å². The van der Waals surface area contributed by atoms with Crippen LogP contribution in [0.3, 0.4) is 0 Å². The molecule has 0 aliphatic carbocycles. The van der Waals surface area contributed by atoms with Crippen molar-refractivity contribution in [2.45, 2.75) is 12.8 Å². The average Bonchev–Trinajstić information content (AvgIpc) is 2.37. The van der Waals surface area contributed by atoms with Crippen LogP contribution in [-0.4, -0.2) is 29.8 Å². The molecule has 1 aliphatic heterocycles. The van der Waals surface area contributed by atoms with Gasteiger partial charge in [-0.2, -0.15) is 0 Å². The van der Waals surface area contributed by atoms with Gasteiger partial charge < -0.3 is 10.2 Å². The van der Waals surface area contributed by atoms with E-state index in [1.54, 1.807) is 4.90 Å². The summed E-state index contributed by atoms with van der Waals surface area (Å²) in [6.45, 7) is 4.21. The summed E-state index contributed by atoms with van der Waals surface area (Å²) in [5.41, 5.74) is 0. The van der Waals surface area contributed by atoms with Crippen LogP contribution in [0.5, 0.6) is 0 Å². The Balaban J connectivity index is 2.34. The van der Waals surface area contributed by atoms with E-state index < -0.39 is 0 Å². The highest BCUT2D eigenvalue weighted by atomic mass is 16.2. The molecule has 0 spiro atoms. The summed E-state index contributed by atoms with van der Waals surface area (Å²) in [7, 11) is 0. The minimum Gasteiger partial charge on any atom is -0.333 e. The lowest BCUT2D eigenvalue weighted by atomic mass is 10.4. The fourth-order valence-electron chi connectivity index (χ4n) is 1.20. The first-order chi connectivity index (χ1) is 5.74. The Morgan fingerprint density at radius 1 is 1.75 bits per heavy atom. The van der Waals surface area contributed by atoms with Gasteiger partial charge in [-0.25, -0.2) is 0 Å². The van der Waals surface area contributed by atoms with Crippen molar-refractivity contribution >= 4 is 11.8 Å². The predicted molar refractivity (Wildman–Crippen MR) is 44.2 cm³/mol. The Labute approximate surface area is 71.2 Å². The lowest BCUT2D eigenvalue weighted by molar-refractivity contribution is -0.132. The van der Waals surface area contributed by atoms with E-state index in [0.717, 1.165) is 6.42 Å². The molecule has 1 N–H and O–H groups in total. The van der Waals surface area contributed by atoms with Crippen molar-refractivity contribution in [2.75, 3.05) is 13.1 Å². The fourth-order valence-corrected chi connectivity index (χ4v) is 1.20. The Bertz CT molecular complexity index is 213. The molecule has 0 aromatic rings. The Morgan fingerprint density at radius 3 is 3.00 bits per heavy atom. The van der Waals surface area contributed by atoms with Gasteiger partial charge in [0.1, 0.15) is 0 Å². The van der Waals surface area contributed by atoms with Gasteiger partial charge >= 0.3 is 0 Å². The highest BCUT2D eigenvalue weighted by molar-refractivity contribution is 5.86. The Kier molecular flexibility index (Phi) is 2.85. The summed E-state index contributed by atoms with van der Waals surface area (Å²) < 4.78 is 0. The van der Waals surface area contributed by atoms with Crippen LogP contribution < -0.4 is 5.32 Å². The first kappa shape index (κ1) is 8.77. The maximum atomic E-state index is 11.0. The number of nitrogens with one attached hydrogen (secondary N) is 1. The summed E-state index contributed by atoms with van der Waals surface area (Å²) >= 11 is 0. The van der Waals surface area contributed by atoms with Crippen molar-refractivity contribution in [2.24, 2.45) is 0 Å². The van der Waals surface area contributed by atoms with E-state index in [2.05, 4.69) is 11.9 Å². The molecule has 0 atom stereocenters. The van der Waals surface area contributed by atoms with Gasteiger partial charge in [0.2, 0.25) is 11.8 Å². The van der Waals surface area contributed by atoms with Gasteiger partial charge in [0, 0.05) is 13.0 Å². The van der Waals surface area contributed by atoms with E-state index in [9.17, 15) is 9.59 Å². The Morgan fingerprint density at radius 2 is 2.50 bits per heavy atom. The van der Waals surface area contributed by atoms with E-state index >= 15 is 0 Å². The SMILES string of the molecule is C=CNC(=O)CN1CCCC1=O. The third kappa shape index (κ3) is 2.08. The van der Waals surface area contributed by atoms with E-state index in [1.165, 1.54) is 6.20 Å². The second-order valence-corrected chi connectivity index (χ2v) is 2.69. The molecule has 0 aromatic carbocycles. The maximum absolute atomic E-state index is 11.0. The molecule has 0 unspecified atom stereocenters. The summed E-state index contributed by atoms with van der Waals surface area (Å²) in [6.07, 6.45) is 2.75. The van der Waals surface area contributed by atoms with E-state index in [4.69, 9.17) is 0 Å². The third-order valence-electron chi connectivity index (χ3n) is 1.77. The topological polar surface area (TPSA) is 49.4 Å². The highest BCUT2D eigenvalue weighted by Gasteiger charge is 2.21. The number of amides is 2. The molecule has 1 aliphatic rings. The molecule has 4 heteroatoms. The standard InChI is InChI=1S/C8H12N2O2/c1-2-9-7(11)6-10-5-3-4-8(10)12/h2H,1,3-6H2,(H,9,11). The first-order valence-electron chi connectivity index (χ1n) is 3.92. The van der Waals surface area contributed by atoms with Gasteiger partial charge in [0.15, 0.2) is 0 Å². The molecule has 0 aromatic heterocycles. The summed E-state index contributed by atoms with van der Waals surface area (Å²) in [5, 5.41) is 2.42. The molecule has 0 saturated carbocycles. The van der Waals surface area contributed by atoms with Gasteiger partial charge in [0.05, 0.1) is 6.54 Å². The smallest absolute Gasteiger partial charge is 0.243 e. The highest BCUT2D eigenvalue weighted by Crippen LogP contribution is 2.08. The third-order valence-corrected chi connectivity index (χ3v) is 1.77. The first-order valence-corrected chi connectivity index (χ1v) is 3.92. The zero-order valence-electron chi connectivity index (χ0n) is 6.88. The van der Waals surface area contributed by atoms with Crippen LogP contribution >= 0.6 is 0 Å². The molecule has 4 nitrogen and oxygen atoms in total. The van der Waals surface area contributed by atoms with Crippen LogP contribution in [0.1, 0.15) is 12.8 Å². The number of likely N-dealkylation sites (tertiary alicyclic amines) is 1. The number of hydrogen-bond donors (Lipinski definition) is 1. The zero-order chi connectivity index (χ0) is 8.97. The number of carbonyl (C=O) groups excluding carboxylic acids is 2. The van der Waals surface area contributed by atoms with Crippen molar-refractivity contribution in [1.29, 1.82) is 0 Å². The van der Waals surface area contributed by atoms with Gasteiger partial charge in [-0.05, 0) is 12.6 Å².